The fourth-order valence-electron chi connectivity index (χ4n) is 6.06. The number of unbranched alkanes of at least 4 members (excludes halogenated alkanes) is 1. The van der Waals surface area contributed by atoms with Crippen LogP contribution >= 0.6 is 0 Å². The summed E-state index contributed by atoms with van der Waals surface area (Å²) < 4.78 is 6.24. The Kier molecular flexibility index (Phi) is 15.7. The zero-order valence-corrected chi connectivity index (χ0v) is 32.1. The SMILES string of the molecule is C=C(CC)N(CCCC)c1cccc([N+](C)(C)C)c1.CCC(C)C/C(C)=C\CN1C(=O)Cc2ccccc21.CCc1ccc2c(c1)CCO2. The van der Waals surface area contributed by atoms with Crippen LogP contribution in [0.3, 0.4) is 0 Å². The van der Waals surface area contributed by atoms with Crippen molar-refractivity contribution in [2.75, 3.05) is 50.6 Å². The lowest BCUT2D eigenvalue weighted by Gasteiger charge is -2.29. The minimum absolute atomic E-state index is 0.216. The lowest BCUT2D eigenvalue weighted by Crippen LogP contribution is -2.35. The number of carbonyl (C=O) groups excluding carboxylic acids is 1. The number of aryl methyl sites for hydroxylation is 1. The fourth-order valence-corrected chi connectivity index (χ4v) is 6.06. The van der Waals surface area contributed by atoms with Gasteiger partial charge in [0.1, 0.15) is 11.4 Å². The molecule has 1 amide bonds. The lowest BCUT2D eigenvalue weighted by atomic mass is 10.00. The number of para-hydroxylation sites is 1. The van der Waals surface area contributed by atoms with E-state index in [0.717, 1.165) is 66.2 Å². The molecule has 0 saturated carbocycles. The first kappa shape index (κ1) is 39.6. The number of fused-ring (bicyclic) bond motifs is 2. The van der Waals surface area contributed by atoms with E-state index >= 15 is 0 Å². The van der Waals surface area contributed by atoms with Crippen molar-refractivity contribution in [1.29, 1.82) is 0 Å². The lowest BCUT2D eigenvalue weighted by molar-refractivity contribution is -0.117. The summed E-state index contributed by atoms with van der Waals surface area (Å²) in [6.45, 7) is 20.1. The summed E-state index contributed by atoms with van der Waals surface area (Å²) >= 11 is 0. The molecule has 0 spiro atoms. The number of anilines is 2. The molecular formula is C44H64N3O2+. The first-order chi connectivity index (χ1) is 23.4. The number of carbonyl (C=O) groups is 1. The molecule has 3 aromatic rings. The molecule has 266 valence electrons. The van der Waals surface area contributed by atoms with Gasteiger partial charge >= 0.3 is 0 Å². The Hall–Kier alpha value is -3.83. The molecule has 2 aliphatic rings. The molecule has 2 aliphatic heterocycles. The monoisotopic (exact) mass is 666 g/mol. The molecule has 0 fully saturated rings. The summed E-state index contributed by atoms with van der Waals surface area (Å²) in [4.78, 5) is 16.3. The van der Waals surface area contributed by atoms with E-state index < -0.39 is 0 Å². The van der Waals surface area contributed by atoms with Crippen molar-refractivity contribution >= 4 is 23.0 Å². The summed E-state index contributed by atoms with van der Waals surface area (Å²) in [5, 5.41) is 0. The molecule has 0 aliphatic carbocycles. The summed E-state index contributed by atoms with van der Waals surface area (Å²) in [6.07, 6.45) is 10.7. The molecule has 2 heterocycles. The van der Waals surface area contributed by atoms with E-state index in [-0.39, 0.29) is 5.91 Å². The highest BCUT2D eigenvalue weighted by Gasteiger charge is 2.25. The Labute approximate surface area is 298 Å². The van der Waals surface area contributed by atoms with Crippen LogP contribution in [0, 0.1) is 5.92 Å². The molecule has 0 aromatic heterocycles. The van der Waals surface area contributed by atoms with Gasteiger partial charge < -0.3 is 14.5 Å². The van der Waals surface area contributed by atoms with Gasteiger partial charge in [-0.2, -0.15) is 0 Å². The predicted octanol–water partition coefficient (Wildman–Crippen LogP) is 10.6. The number of rotatable bonds is 13. The van der Waals surface area contributed by atoms with Crippen LogP contribution in [-0.4, -0.2) is 46.7 Å². The maximum Gasteiger partial charge on any atom is 0.231 e. The van der Waals surface area contributed by atoms with E-state index in [1.807, 2.05) is 29.2 Å². The summed E-state index contributed by atoms with van der Waals surface area (Å²) in [6, 6.07) is 23.4. The highest BCUT2D eigenvalue weighted by Crippen LogP contribution is 2.29. The Bertz CT molecular complexity index is 1530. The van der Waals surface area contributed by atoms with Gasteiger partial charge in [0.25, 0.3) is 0 Å². The van der Waals surface area contributed by atoms with E-state index in [4.69, 9.17) is 4.74 Å². The topological polar surface area (TPSA) is 32.8 Å². The van der Waals surface area contributed by atoms with Crippen molar-refractivity contribution in [2.24, 2.45) is 5.92 Å². The average molecular weight is 667 g/mol. The molecule has 49 heavy (non-hydrogen) atoms. The second-order valence-corrected chi connectivity index (χ2v) is 14.4. The molecule has 0 saturated heterocycles. The first-order valence-electron chi connectivity index (χ1n) is 18.6. The molecule has 0 bridgehead atoms. The minimum atomic E-state index is 0.216. The smallest absolute Gasteiger partial charge is 0.231 e. The number of hydrogen-bond donors (Lipinski definition) is 0. The van der Waals surface area contributed by atoms with E-state index in [9.17, 15) is 4.79 Å². The van der Waals surface area contributed by atoms with Crippen LogP contribution in [0.2, 0.25) is 0 Å². The highest BCUT2D eigenvalue weighted by molar-refractivity contribution is 6.01. The van der Waals surface area contributed by atoms with Gasteiger partial charge in [-0.25, -0.2) is 0 Å². The molecule has 5 rings (SSSR count). The average Bonchev–Trinajstić information content (AvgIpc) is 3.70. The number of benzene rings is 3. The number of nitrogens with zero attached hydrogens (tertiary/aromatic N) is 3. The maximum atomic E-state index is 12.0. The summed E-state index contributed by atoms with van der Waals surface area (Å²) in [5.74, 6) is 2.02. The van der Waals surface area contributed by atoms with Gasteiger partial charge in [-0.1, -0.05) is 102 Å². The van der Waals surface area contributed by atoms with E-state index in [1.165, 1.54) is 53.0 Å². The van der Waals surface area contributed by atoms with E-state index in [2.05, 4.69) is 123 Å². The van der Waals surface area contributed by atoms with Gasteiger partial charge in [0.15, 0.2) is 0 Å². The van der Waals surface area contributed by atoms with Crippen LogP contribution in [0.15, 0.2) is 90.7 Å². The molecule has 0 N–H and O–H groups in total. The third kappa shape index (κ3) is 11.9. The van der Waals surface area contributed by atoms with Crippen LogP contribution in [0.25, 0.3) is 0 Å². The van der Waals surface area contributed by atoms with Gasteiger partial charge in [0.05, 0.1) is 34.2 Å². The van der Waals surface area contributed by atoms with Crippen molar-refractivity contribution < 1.29 is 9.53 Å². The Morgan fingerprint density at radius 2 is 1.76 bits per heavy atom. The van der Waals surface area contributed by atoms with Crippen molar-refractivity contribution in [2.45, 2.75) is 92.9 Å². The second kappa shape index (κ2) is 19.4. The van der Waals surface area contributed by atoms with Crippen LogP contribution in [-0.2, 0) is 24.1 Å². The van der Waals surface area contributed by atoms with E-state index in [0.29, 0.717) is 13.0 Å². The van der Waals surface area contributed by atoms with Crippen LogP contribution in [0.4, 0.5) is 17.1 Å². The minimum Gasteiger partial charge on any atom is -0.493 e. The van der Waals surface area contributed by atoms with Crippen LogP contribution < -0.4 is 19.0 Å². The normalized spacial score (nSPS) is 14.1. The highest BCUT2D eigenvalue weighted by atomic mass is 16.5. The third-order valence-corrected chi connectivity index (χ3v) is 9.52. The number of ether oxygens (including phenoxy) is 1. The predicted molar refractivity (Wildman–Crippen MR) is 213 cm³/mol. The molecule has 1 unspecified atom stereocenters. The molecular weight excluding hydrogens is 603 g/mol. The Morgan fingerprint density at radius 1 is 1.00 bits per heavy atom. The number of amides is 1. The zero-order chi connectivity index (χ0) is 36.0. The number of quaternary nitrogens is 1. The quantitative estimate of drug-likeness (QED) is 0.134. The van der Waals surface area contributed by atoms with Gasteiger partial charge in [0.2, 0.25) is 5.91 Å². The Balaban J connectivity index is 0.000000206. The zero-order valence-electron chi connectivity index (χ0n) is 32.1. The summed E-state index contributed by atoms with van der Waals surface area (Å²) in [7, 11) is 6.60. The third-order valence-electron chi connectivity index (χ3n) is 9.52. The first-order valence-corrected chi connectivity index (χ1v) is 18.6. The molecule has 0 radical (unpaired) electrons. The van der Waals surface area contributed by atoms with Crippen molar-refractivity contribution in [3.8, 4) is 5.75 Å². The standard InChI is InChI=1S/C17H29N2.C17H23NO.C10H12O/c1-7-9-13-18(15(3)8-2)16-11-10-12-17(14-16)19(4,5)6;1-4-13(2)11-14(3)9-10-18-16-8-6-5-7-15(16)12-17(18)19;1-2-8-3-4-10-9(7-8)5-6-11-10/h10-12,14H,3,7-9,13H2,1-2,4-6H3;5-9,13H,4,10-12H2,1-3H3;3-4,7H,2,5-6H2,1H3/q+1;;/b;14-9-;. The molecule has 5 heteroatoms. The van der Waals surface area contributed by atoms with Crippen LogP contribution in [0.1, 0.15) is 90.3 Å². The van der Waals surface area contributed by atoms with Crippen molar-refractivity contribution in [3.05, 3.63) is 107 Å². The number of allylic oxidation sites excluding steroid dienone is 2. The van der Waals surface area contributed by atoms with Crippen molar-refractivity contribution in [1.82, 2.24) is 4.48 Å². The van der Waals surface area contributed by atoms with Crippen LogP contribution in [0.5, 0.6) is 5.75 Å². The largest absolute Gasteiger partial charge is 0.493 e. The van der Waals surface area contributed by atoms with Gasteiger partial charge in [-0.15, -0.1) is 0 Å². The van der Waals surface area contributed by atoms with Gasteiger partial charge in [0, 0.05) is 42.6 Å². The number of hydrogen-bond acceptors (Lipinski definition) is 3. The summed E-state index contributed by atoms with van der Waals surface area (Å²) in [5.41, 5.74) is 10.2. The Morgan fingerprint density at radius 3 is 2.43 bits per heavy atom. The van der Waals surface area contributed by atoms with E-state index in [1.54, 1.807) is 0 Å². The van der Waals surface area contributed by atoms with Crippen molar-refractivity contribution in [3.63, 3.8) is 0 Å². The molecule has 5 nitrogen and oxygen atoms in total. The van der Waals surface area contributed by atoms with Gasteiger partial charge in [-0.3, -0.25) is 9.28 Å². The second-order valence-electron chi connectivity index (χ2n) is 14.4. The maximum absolute atomic E-state index is 12.0. The van der Waals surface area contributed by atoms with Gasteiger partial charge in [-0.05, 0) is 79.5 Å². The molecule has 3 aromatic carbocycles. The fraction of sp³-hybridized carbons (Fsp3) is 0.477. The molecule has 1 atom stereocenters.